The number of aromatic nitrogens is 2. The van der Waals surface area contributed by atoms with Gasteiger partial charge in [0.05, 0.1) is 28.9 Å². The number of nitrogens with zero attached hydrogens (tertiary/aromatic N) is 4. The van der Waals surface area contributed by atoms with Gasteiger partial charge in [0.2, 0.25) is 11.8 Å². The molecule has 4 rings (SSSR count). The van der Waals surface area contributed by atoms with E-state index in [9.17, 15) is 9.59 Å². The smallest absolute Gasteiger partial charge is 0.228 e. The number of carbonyl (C=O) groups excluding carboxylic acids is 2. The lowest BCUT2D eigenvalue weighted by atomic mass is 10.3. The lowest BCUT2D eigenvalue weighted by Gasteiger charge is -2.15. The maximum absolute atomic E-state index is 12.5. The predicted octanol–water partition coefficient (Wildman–Crippen LogP) is 3.08. The average Bonchev–Trinajstić information content (AvgIpc) is 3.33. The summed E-state index contributed by atoms with van der Waals surface area (Å²) in [5.74, 6) is 0.110. The first kappa shape index (κ1) is 17.1. The monoisotopic (exact) mass is 386 g/mol. The van der Waals surface area contributed by atoms with Crippen LogP contribution in [0.2, 0.25) is 0 Å². The summed E-state index contributed by atoms with van der Waals surface area (Å²) < 4.78 is 1.13. The topological polar surface area (TPSA) is 66.4 Å². The molecule has 3 heterocycles. The number of amides is 2. The Morgan fingerprint density at radius 1 is 1.31 bits per heavy atom. The summed E-state index contributed by atoms with van der Waals surface area (Å²) in [4.78, 5) is 36.8. The summed E-state index contributed by atoms with van der Waals surface area (Å²) in [6.07, 6.45) is 1.69. The first-order valence-electron chi connectivity index (χ1n) is 8.43. The minimum atomic E-state index is -0.00569. The molecule has 0 atom stereocenters. The van der Waals surface area contributed by atoms with E-state index in [4.69, 9.17) is 0 Å². The van der Waals surface area contributed by atoms with Crippen LogP contribution in [0.15, 0.2) is 29.6 Å². The molecule has 2 aromatic heterocycles. The van der Waals surface area contributed by atoms with Crippen molar-refractivity contribution in [1.82, 2.24) is 14.9 Å². The van der Waals surface area contributed by atoms with Crippen molar-refractivity contribution in [2.45, 2.75) is 25.8 Å². The van der Waals surface area contributed by atoms with Crippen LogP contribution in [-0.4, -0.2) is 40.3 Å². The Labute approximate surface area is 159 Å². The minimum Gasteiger partial charge on any atom is -0.339 e. The van der Waals surface area contributed by atoms with Crippen LogP contribution in [0.4, 0.5) is 5.13 Å². The molecule has 0 spiro atoms. The van der Waals surface area contributed by atoms with Crippen molar-refractivity contribution in [2.24, 2.45) is 0 Å². The van der Waals surface area contributed by atoms with Crippen LogP contribution < -0.4 is 4.90 Å². The molecular weight excluding hydrogens is 368 g/mol. The van der Waals surface area contributed by atoms with E-state index in [1.54, 1.807) is 28.2 Å². The first-order chi connectivity index (χ1) is 12.6. The predicted molar refractivity (Wildman–Crippen MR) is 103 cm³/mol. The fourth-order valence-corrected chi connectivity index (χ4v) is 4.81. The van der Waals surface area contributed by atoms with Gasteiger partial charge in [-0.2, -0.15) is 0 Å². The minimum absolute atomic E-state index is 0.00569. The molecule has 1 fully saturated rings. The Morgan fingerprint density at radius 3 is 2.92 bits per heavy atom. The van der Waals surface area contributed by atoms with Gasteiger partial charge in [-0.3, -0.25) is 14.5 Å². The number of thiazole rings is 2. The van der Waals surface area contributed by atoms with Crippen LogP contribution in [0, 0.1) is 0 Å². The van der Waals surface area contributed by atoms with E-state index in [1.165, 1.54) is 11.3 Å². The number of benzene rings is 1. The Balaban J connectivity index is 1.39. The van der Waals surface area contributed by atoms with Gasteiger partial charge in [-0.25, -0.2) is 9.97 Å². The van der Waals surface area contributed by atoms with Crippen molar-refractivity contribution < 1.29 is 9.59 Å². The quantitative estimate of drug-likeness (QED) is 0.676. The maximum atomic E-state index is 12.5. The van der Waals surface area contributed by atoms with Crippen LogP contribution in [0.1, 0.15) is 23.5 Å². The Morgan fingerprint density at radius 2 is 2.15 bits per heavy atom. The van der Waals surface area contributed by atoms with Crippen molar-refractivity contribution >= 4 is 49.8 Å². The SMILES string of the molecule is CN(Cc1nc2ccccc2s1)C(=O)Cc1csc(N2CCCC2=O)n1. The van der Waals surface area contributed by atoms with Gasteiger partial charge in [0.15, 0.2) is 5.13 Å². The molecule has 1 aromatic carbocycles. The molecule has 0 unspecified atom stereocenters. The van der Waals surface area contributed by atoms with Gasteiger partial charge in [-0.1, -0.05) is 12.1 Å². The third-order valence-electron chi connectivity index (χ3n) is 4.31. The van der Waals surface area contributed by atoms with Crippen molar-refractivity contribution in [3.63, 3.8) is 0 Å². The van der Waals surface area contributed by atoms with Crippen molar-refractivity contribution in [1.29, 1.82) is 0 Å². The average molecular weight is 387 g/mol. The number of fused-ring (bicyclic) bond motifs is 1. The van der Waals surface area contributed by atoms with Crippen molar-refractivity contribution in [2.75, 3.05) is 18.5 Å². The zero-order chi connectivity index (χ0) is 18.1. The molecule has 0 aliphatic carbocycles. The molecule has 1 aliphatic rings. The number of carbonyl (C=O) groups is 2. The molecule has 0 saturated carbocycles. The van der Waals surface area contributed by atoms with Crippen LogP contribution >= 0.6 is 22.7 Å². The summed E-state index contributed by atoms with van der Waals surface area (Å²) in [5.41, 5.74) is 1.68. The van der Waals surface area contributed by atoms with E-state index in [0.717, 1.165) is 28.2 Å². The molecular formula is C18H18N4O2S2. The zero-order valence-electron chi connectivity index (χ0n) is 14.3. The van der Waals surface area contributed by atoms with E-state index in [2.05, 4.69) is 9.97 Å². The van der Waals surface area contributed by atoms with Gasteiger partial charge in [0.25, 0.3) is 0 Å². The molecule has 134 valence electrons. The highest BCUT2D eigenvalue weighted by molar-refractivity contribution is 7.18. The van der Waals surface area contributed by atoms with Gasteiger partial charge in [-0.05, 0) is 18.6 Å². The van der Waals surface area contributed by atoms with Gasteiger partial charge in [-0.15, -0.1) is 22.7 Å². The van der Waals surface area contributed by atoms with E-state index < -0.39 is 0 Å². The summed E-state index contributed by atoms with van der Waals surface area (Å²) in [6, 6.07) is 7.97. The summed E-state index contributed by atoms with van der Waals surface area (Å²) in [5, 5.41) is 3.48. The molecule has 0 bridgehead atoms. The van der Waals surface area contributed by atoms with Gasteiger partial charge >= 0.3 is 0 Å². The number of anilines is 1. The van der Waals surface area contributed by atoms with Crippen molar-refractivity contribution in [3.8, 4) is 0 Å². The highest BCUT2D eigenvalue weighted by atomic mass is 32.1. The molecule has 0 radical (unpaired) electrons. The highest BCUT2D eigenvalue weighted by Crippen LogP contribution is 2.26. The van der Waals surface area contributed by atoms with Gasteiger partial charge in [0.1, 0.15) is 5.01 Å². The standard InChI is InChI=1S/C18H18N4O2S2/c1-21(10-15-20-13-5-2-3-6-14(13)26-15)17(24)9-12-11-25-18(19-12)22-8-4-7-16(22)23/h2-3,5-6,11H,4,7-10H2,1H3. The number of rotatable bonds is 5. The summed E-state index contributed by atoms with van der Waals surface area (Å²) in [6.45, 7) is 1.21. The highest BCUT2D eigenvalue weighted by Gasteiger charge is 2.24. The molecule has 1 aliphatic heterocycles. The lowest BCUT2D eigenvalue weighted by Crippen LogP contribution is -2.28. The molecule has 8 heteroatoms. The largest absolute Gasteiger partial charge is 0.339 e. The maximum Gasteiger partial charge on any atom is 0.228 e. The van der Waals surface area contributed by atoms with Crippen LogP contribution in [0.25, 0.3) is 10.2 Å². The fraction of sp³-hybridized carbons (Fsp3) is 0.333. The number of hydrogen-bond acceptors (Lipinski definition) is 6. The summed E-state index contributed by atoms with van der Waals surface area (Å²) in [7, 11) is 1.78. The molecule has 0 N–H and O–H groups in total. The molecule has 3 aromatic rings. The Kier molecular flexibility index (Phi) is 4.69. The molecule has 1 saturated heterocycles. The van der Waals surface area contributed by atoms with Crippen LogP contribution in [-0.2, 0) is 22.6 Å². The van der Waals surface area contributed by atoms with Crippen LogP contribution in [0.3, 0.4) is 0 Å². The van der Waals surface area contributed by atoms with Crippen LogP contribution in [0.5, 0.6) is 0 Å². The molecule has 6 nitrogen and oxygen atoms in total. The second-order valence-electron chi connectivity index (χ2n) is 6.27. The van der Waals surface area contributed by atoms with E-state index in [1.807, 2.05) is 29.6 Å². The fourth-order valence-electron chi connectivity index (χ4n) is 2.92. The second kappa shape index (κ2) is 7.13. The van der Waals surface area contributed by atoms with Gasteiger partial charge in [0, 0.05) is 25.4 Å². The third-order valence-corrected chi connectivity index (χ3v) is 6.25. The Hall–Kier alpha value is -2.32. The van der Waals surface area contributed by atoms with E-state index in [0.29, 0.717) is 23.8 Å². The molecule has 2 amide bonds. The van der Waals surface area contributed by atoms with E-state index in [-0.39, 0.29) is 18.2 Å². The third kappa shape index (κ3) is 3.47. The van der Waals surface area contributed by atoms with Gasteiger partial charge < -0.3 is 4.90 Å². The number of likely N-dealkylation sites (N-methyl/N-ethyl adjacent to an activating group) is 1. The normalized spacial score (nSPS) is 14.3. The number of para-hydroxylation sites is 1. The summed E-state index contributed by atoms with van der Waals surface area (Å²) >= 11 is 3.03. The second-order valence-corrected chi connectivity index (χ2v) is 8.22. The number of hydrogen-bond donors (Lipinski definition) is 0. The first-order valence-corrected chi connectivity index (χ1v) is 10.1. The van der Waals surface area contributed by atoms with Crippen molar-refractivity contribution in [3.05, 3.63) is 40.3 Å². The zero-order valence-corrected chi connectivity index (χ0v) is 16.0. The Bertz CT molecular complexity index is 932. The lowest BCUT2D eigenvalue weighted by molar-refractivity contribution is -0.129. The molecule has 26 heavy (non-hydrogen) atoms. The van der Waals surface area contributed by atoms with E-state index >= 15 is 0 Å².